The van der Waals surface area contributed by atoms with Gasteiger partial charge in [0, 0.05) is 32.5 Å². The summed E-state index contributed by atoms with van der Waals surface area (Å²) in [4.78, 5) is 30.9. The molecule has 0 aliphatic carbocycles. The smallest absolute Gasteiger partial charge is 0.274 e. The third kappa shape index (κ3) is 4.25. The van der Waals surface area contributed by atoms with Crippen molar-refractivity contribution in [3.63, 3.8) is 0 Å². The number of morpholine rings is 1. The molecule has 3 rings (SSSR count). The fraction of sp³-hybridized carbons (Fsp3) is 0.350. The third-order valence-corrected chi connectivity index (χ3v) is 4.64. The van der Waals surface area contributed by atoms with Gasteiger partial charge in [-0.1, -0.05) is 6.08 Å². The molecule has 0 saturated carbocycles. The van der Waals surface area contributed by atoms with E-state index in [0.29, 0.717) is 43.4 Å². The van der Waals surface area contributed by atoms with E-state index in [1.807, 2.05) is 26.0 Å². The van der Waals surface area contributed by atoms with Gasteiger partial charge in [-0.3, -0.25) is 9.59 Å². The zero-order valence-electron chi connectivity index (χ0n) is 15.9. The van der Waals surface area contributed by atoms with Crippen molar-refractivity contribution in [2.75, 3.05) is 31.6 Å². The fourth-order valence-electron chi connectivity index (χ4n) is 2.86. The summed E-state index contributed by atoms with van der Waals surface area (Å²) in [6, 6.07) is 5.24. The minimum atomic E-state index is -0.141. The second-order valence-corrected chi connectivity index (χ2v) is 6.49. The van der Waals surface area contributed by atoms with Crippen LogP contribution in [0, 0.1) is 0 Å². The van der Waals surface area contributed by atoms with Gasteiger partial charge in [-0.2, -0.15) is 0 Å². The van der Waals surface area contributed by atoms with Crippen LogP contribution in [0.4, 0.5) is 11.5 Å². The molecule has 7 heteroatoms. The summed E-state index contributed by atoms with van der Waals surface area (Å²) >= 11 is 0. The van der Waals surface area contributed by atoms with E-state index in [9.17, 15) is 9.59 Å². The minimum Gasteiger partial charge on any atom is -0.378 e. The molecule has 1 fully saturated rings. The van der Waals surface area contributed by atoms with E-state index >= 15 is 0 Å². The van der Waals surface area contributed by atoms with E-state index < -0.39 is 0 Å². The van der Waals surface area contributed by atoms with Gasteiger partial charge in [-0.05, 0) is 43.2 Å². The molecule has 1 saturated heterocycles. The van der Waals surface area contributed by atoms with Crippen molar-refractivity contribution in [3.05, 3.63) is 58.1 Å². The largest absolute Gasteiger partial charge is 0.378 e. The van der Waals surface area contributed by atoms with Crippen LogP contribution in [0.3, 0.4) is 0 Å². The number of anilines is 2. The van der Waals surface area contributed by atoms with Gasteiger partial charge in [-0.25, -0.2) is 4.98 Å². The number of carbonyl (C=O) groups excluding carboxylic acids is 1. The second-order valence-electron chi connectivity index (χ2n) is 6.49. The first kappa shape index (κ1) is 18.8. The number of aryl methyl sites for hydroxylation is 1. The number of aromatic nitrogens is 2. The highest BCUT2D eigenvalue weighted by Gasteiger charge is 2.18. The lowest BCUT2D eigenvalue weighted by molar-refractivity contribution is 0.0302. The van der Waals surface area contributed by atoms with Crippen LogP contribution in [0.2, 0.25) is 0 Å². The molecule has 142 valence electrons. The molecule has 7 nitrogen and oxygen atoms in total. The Bertz CT molecular complexity index is 910. The molecule has 0 radical (unpaired) electrons. The number of allylic oxidation sites excluding steroid dienone is 2. The maximum atomic E-state index is 12.5. The Morgan fingerprint density at radius 3 is 2.63 bits per heavy atom. The maximum absolute atomic E-state index is 12.5. The molecule has 3 heterocycles. The Kier molecular flexibility index (Phi) is 5.71. The molecule has 0 unspecified atom stereocenters. The molecule has 1 aliphatic heterocycles. The molecule has 0 atom stereocenters. The molecule has 0 aromatic carbocycles. The van der Waals surface area contributed by atoms with Gasteiger partial charge in [0.15, 0.2) is 0 Å². The minimum absolute atomic E-state index is 0.0565. The fourth-order valence-corrected chi connectivity index (χ4v) is 2.86. The van der Waals surface area contributed by atoms with E-state index in [1.165, 1.54) is 6.20 Å². The summed E-state index contributed by atoms with van der Waals surface area (Å²) in [6.07, 6.45) is 5.33. The average molecular weight is 368 g/mol. The number of carbonyl (C=O) groups is 1. The van der Waals surface area contributed by atoms with Crippen LogP contribution in [-0.2, 0) is 11.8 Å². The van der Waals surface area contributed by atoms with Gasteiger partial charge in [-0.15, -0.1) is 0 Å². The van der Waals surface area contributed by atoms with Gasteiger partial charge in [0.25, 0.3) is 11.5 Å². The lowest BCUT2D eigenvalue weighted by Gasteiger charge is -2.26. The number of rotatable bonds is 4. The molecule has 27 heavy (non-hydrogen) atoms. The van der Waals surface area contributed by atoms with Gasteiger partial charge in [0.1, 0.15) is 11.5 Å². The summed E-state index contributed by atoms with van der Waals surface area (Å²) in [5.41, 5.74) is 2.86. The van der Waals surface area contributed by atoms with Gasteiger partial charge >= 0.3 is 0 Å². The first-order valence-electron chi connectivity index (χ1n) is 8.93. The molecule has 1 aliphatic rings. The Balaban J connectivity index is 1.79. The Hall–Kier alpha value is -2.93. The first-order chi connectivity index (χ1) is 13.0. The molecular formula is C20H24N4O3. The van der Waals surface area contributed by atoms with Crippen LogP contribution >= 0.6 is 0 Å². The topological polar surface area (TPSA) is 76.5 Å². The summed E-state index contributed by atoms with van der Waals surface area (Å²) in [7, 11) is 1.72. The van der Waals surface area contributed by atoms with Crippen LogP contribution in [0.1, 0.15) is 29.8 Å². The summed E-state index contributed by atoms with van der Waals surface area (Å²) in [6.45, 7) is 6.25. The number of hydrogen-bond donors (Lipinski definition) is 1. The van der Waals surface area contributed by atoms with E-state index in [1.54, 1.807) is 34.8 Å². The lowest BCUT2D eigenvalue weighted by Crippen LogP contribution is -2.40. The van der Waals surface area contributed by atoms with Crippen molar-refractivity contribution in [1.82, 2.24) is 14.5 Å². The molecule has 1 amide bonds. The normalized spacial score (nSPS) is 14.9. The summed E-state index contributed by atoms with van der Waals surface area (Å²) in [5, 5.41) is 3.06. The SMILES string of the molecule is CC=C(C)c1cc(Nc2ccc(C(=O)N3CCOCC3)cn2)c(=O)n(C)c1. The zero-order chi connectivity index (χ0) is 19.4. The standard InChI is InChI=1S/C20H24N4O3/c1-4-14(2)16-11-17(20(26)23(3)13-16)22-18-6-5-15(12-21-18)19(25)24-7-9-27-10-8-24/h4-6,11-13H,7-10H2,1-3H3,(H,21,22). The summed E-state index contributed by atoms with van der Waals surface area (Å²) in [5.74, 6) is 0.458. The van der Waals surface area contributed by atoms with Gasteiger partial charge in [0.2, 0.25) is 0 Å². The zero-order valence-corrected chi connectivity index (χ0v) is 15.9. The van der Waals surface area contributed by atoms with Crippen molar-refractivity contribution in [3.8, 4) is 0 Å². The number of ether oxygens (including phenoxy) is 1. The average Bonchev–Trinajstić information content (AvgIpc) is 2.71. The van der Waals surface area contributed by atoms with E-state index in [4.69, 9.17) is 4.74 Å². The highest BCUT2D eigenvalue weighted by Crippen LogP contribution is 2.18. The van der Waals surface area contributed by atoms with E-state index in [2.05, 4.69) is 10.3 Å². The van der Waals surface area contributed by atoms with Crippen LogP contribution in [0.5, 0.6) is 0 Å². The number of pyridine rings is 2. The van der Waals surface area contributed by atoms with Gasteiger partial charge < -0.3 is 19.5 Å². The Morgan fingerprint density at radius 1 is 1.26 bits per heavy atom. The monoisotopic (exact) mass is 368 g/mol. The number of nitrogens with one attached hydrogen (secondary N) is 1. The molecule has 2 aromatic heterocycles. The predicted molar refractivity (Wildman–Crippen MR) is 105 cm³/mol. The van der Waals surface area contributed by atoms with Crippen molar-refractivity contribution >= 4 is 23.0 Å². The second kappa shape index (κ2) is 8.18. The Morgan fingerprint density at radius 2 is 2.00 bits per heavy atom. The highest BCUT2D eigenvalue weighted by molar-refractivity contribution is 5.94. The number of amides is 1. The van der Waals surface area contributed by atoms with Gasteiger partial charge in [0.05, 0.1) is 18.8 Å². The van der Waals surface area contributed by atoms with Crippen molar-refractivity contribution in [2.24, 2.45) is 7.05 Å². The highest BCUT2D eigenvalue weighted by atomic mass is 16.5. The van der Waals surface area contributed by atoms with Crippen molar-refractivity contribution in [2.45, 2.75) is 13.8 Å². The van der Waals surface area contributed by atoms with Crippen molar-refractivity contribution < 1.29 is 9.53 Å². The number of hydrogen-bond acceptors (Lipinski definition) is 5. The lowest BCUT2D eigenvalue weighted by atomic mass is 10.1. The quantitative estimate of drug-likeness (QED) is 0.897. The molecule has 0 spiro atoms. The van der Waals surface area contributed by atoms with Crippen molar-refractivity contribution in [1.29, 1.82) is 0 Å². The van der Waals surface area contributed by atoms with E-state index in [-0.39, 0.29) is 11.5 Å². The summed E-state index contributed by atoms with van der Waals surface area (Å²) < 4.78 is 6.81. The maximum Gasteiger partial charge on any atom is 0.274 e. The van der Waals surface area contributed by atoms with Crippen LogP contribution in [0.25, 0.3) is 5.57 Å². The Labute approximate surface area is 158 Å². The van der Waals surface area contributed by atoms with Crippen LogP contribution in [0.15, 0.2) is 41.5 Å². The molecule has 0 bridgehead atoms. The first-order valence-corrected chi connectivity index (χ1v) is 8.93. The number of nitrogens with zero attached hydrogens (tertiary/aromatic N) is 3. The van der Waals surface area contributed by atoms with Crippen LogP contribution in [-0.4, -0.2) is 46.7 Å². The third-order valence-electron chi connectivity index (χ3n) is 4.64. The predicted octanol–water partition coefficient (Wildman–Crippen LogP) is 2.42. The molecular weight excluding hydrogens is 344 g/mol. The molecule has 2 aromatic rings. The van der Waals surface area contributed by atoms with Crippen LogP contribution < -0.4 is 10.9 Å². The molecule has 1 N–H and O–H groups in total. The van der Waals surface area contributed by atoms with E-state index in [0.717, 1.165) is 11.1 Å².